The first kappa shape index (κ1) is 12.9. The quantitative estimate of drug-likeness (QED) is 0.763. The van der Waals surface area contributed by atoms with Crippen LogP contribution < -0.4 is 9.64 Å². The molecule has 2 atom stereocenters. The summed E-state index contributed by atoms with van der Waals surface area (Å²) in [6, 6.07) is 5.31. The molecule has 0 radical (unpaired) electrons. The Kier molecular flexibility index (Phi) is 3.54. The van der Waals surface area contributed by atoms with Crippen molar-refractivity contribution in [2.24, 2.45) is 0 Å². The third-order valence-corrected chi connectivity index (χ3v) is 3.18. The molecule has 0 amide bonds. The molecule has 2 N–H and O–H groups in total. The van der Waals surface area contributed by atoms with Gasteiger partial charge in [-0.25, -0.2) is 0 Å². The van der Waals surface area contributed by atoms with Crippen LogP contribution in [0, 0.1) is 0 Å². The van der Waals surface area contributed by atoms with E-state index in [2.05, 4.69) is 0 Å². The lowest BCUT2D eigenvalue weighted by atomic mass is 10.1. The van der Waals surface area contributed by atoms with Gasteiger partial charge in [0.05, 0.1) is 30.6 Å². The number of ether oxygens (including phenoxy) is 1. The number of carbonyl (C=O) groups excluding carboxylic acids is 1. The van der Waals surface area contributed by atoms with Crippen LogP contribution in [0.15, 0.2) is 18.2 Å². The number of aliphatic hydroxyl groups excluding tert-OH is 2. The van der Waals surface area contributed by atoms with Gasteiger partial charge in [-0.2, -0.15) is 0 Å². The van der Waals surface area contributed by atoms with Crippen LogP contribution in [0.4, 0.5) is 5.69 Å². The number of β-amino-alcohol motifs (C(OH)–C–C–N with tert-alkyl or cyclic N) is 2. The minimum Gasteiger partial charge on any atom is -0.496 e. The van der Waals surface area contributed by atoms with Crippen molar-refractivity contribution in [1.82, 2.24) is 0 Å². The molecule has 5 heteroatoms. The molecule has 2 unspecified atom stereocenters. The predicted octanol–water partition coefficient (Wildman–Crippen LogP) is 0.440. The summed E-state index contributed by atoms with van der Waals surface area (Å²) in [5, 5.41) is 19.2. The van der Waals surface area contributed by atoms with Gasteiger partial charge in [0.1, 0.15) is 5.75 Å². The Morgan fingerprint density at radius 2 is 1.94 bits per heavy atom. The van der Waals surface area contributed by atoms with Gasteiger partial charge in [0.2, 0.25) is 0 Å². The highest BCUT2D eigenvalue weighted by Crippen LogP contribution is 2.31. The van der Waals surface area contributed by atoms with Gasteiger partial charge in [-0.05, 0) is 19.1 Å². The summed E-state index contributed by atoms with van der Waals surface area (Å²) >= 11 is 0. The Hall–Kier alpha value is -1.59. The van der Waals surface area contributed by atoms with E-state index in [0.29, 0.717) is 30.1 Å². The fraction of sp³-hybridized carbons (Fsp3) is 0.462. The first-order valence-electron chi connectivity index (χ1n) is 5.83. The van der Waals surface area contributed by atoms with Crippen molar-refractivity contribution in [3.63, 3.8) is 0 Å². The second kappa shape index (κ2) is 4.96. The monoisotopic (exact) mass is 251 g/mol. The van der Waals surface area contributed by atoms with Crippen LogP contribution in [0.25, 0.3) is 0 Å². The van der Waals surface area contributed by atoms with E-state index in [1.54, 1.807) is 23.1 Å². The number of carbonyl (C=O) groups is 1. The van der Waals surface area contributed by atoms with Gasteiger partial charge in [0, 0.05) is 13.1 Å². The second-order valence-corrected chi connectivity index (χ2v) is 4.45. The van der Waals surface area contributed by atoms with Crippen LogP contribution in [-0.2, 0) is 0 Å². The highest BCUT2D eigenvalue weighted by Gasteiger charge is 2.31. The molecule has 1 saturated heterocycles. The van der Waals surface area contributed by atoms with Crippen molar-refractivity contribution in [2.75, 3.05) is 25.1 Å². The first-order chi connectivity index (χ1) is 8.54. The lowest BCUT2D eigenvalue weighted by Crippen LogP contribution is -2.23. The van der Waals surface area contributed by atoms with Gasteiger partial charge < -0.3 is 19.8 Å². The summed E-state index contributed by atoms with van der Waals surface area (Å²) in [4.78, 5) is 13.5. The standard InChI is InChI=1S/C13H17NO4/c1-8(15)13-9(4-3-5-12(13)18-2)14-6-10(16)11(17)7-14/h3-5,10-11,16-17H,6-7H2,1-2H3. The Morgan fingerprint density at radius 3 is 2.44 bits per heavy atom. The lowest BCUT2D eigenvalue weighted by Gasteiger charge is -2.21. The number of methoxy groups -OCH3 is 1. The highest BCUT2D eigenvalue weighted by molar-refractivity contribution is 6.02. The maximum Gasteiger partial charge on any atom is 0.165 e. The fourth-order valence-electron chi connectivity index (χ4n) is 2.27. The van der Waals surface area contributed by atoms with Crippen LogP contribution >= 0.6 is 0 Å². The second-order valence-electron chi connectivity index (χ2n) is 4.45. The van der Waals surface area contributed by atoms with Crippen molar-refractivity contribution >= 4 is 11.5 Å². The normalized spacial score (nSPS) is 23.2. The van der Waals surface area contributed by atoms with E-state index in [4.69, 9.17) is 4.74 Å². The minimum atomic E-state index is -0.781. The molecule has 1 aliphatic rings. The maximum absolute atomic E-state index is 11.7. The van der Waals surface area contributed by atoms with Crippen LogP contribution in [0.1, 0.15) is 17.3 Å². The van der Waals surface area contributed by atoms with E-state index >= 15 is 0 Å². The molecule has 0 aliphatic carbocycles. The summed E-state index contributed by atoms with van der Waals surface area (Å²) in [5.41, 5.74) is 1.18. The molecule has 18 heavy (non-hydrogen) atoms. The maximum atomic E-state index is 11.7. The number of anilines is 1. The van der Waals surface area contributed by atoms with Gasteiger partial charge in [-0.15, -0.1) is 0 Å². The van der Waals surface area contributed by atoms with Crippen molar-refractivity contribution in [3.8, 4) is 5.75 Å². The average molecular weight is 251 g/mol. The van der Waals surface area contributed by atoms with Gasteiger partial charge in [-0.1, -0.05) is 6.07 Å². The molecule has 1 aromatic carbocycles. The van der Waals surface area contributed by atoms with Crippen LogP contribution in [-0.4, -0.2) is 48.4 Å². The lowest BCUT2D eigenvalue weighted by molar-refractivity contribution is 0.0572. The van der Waals surface area contributed by atoms with Gasteiger partial charge in [0.15, 0.2) is 5.78 Å². The van der Waals surface area contributed by atoms with Gasteiger partial charge in [0.25, 0.3) is 0 Å². The summed E-state index contributed by atoms with van der Waals surface area (Å²) in [5.74, 6) is 0.411. The number of rotatable bonds is 3. The number of hydrogen-bond acceptors (Lipinski definition) is 5. The third kappa shape index (κ3) is 2.19. The Labute approximate surface area is 106 Å². The smallest absolute Gasteiger partial charge is 0.165 e. The molecule has 0 saturated carbocycles. The topological polar surface area (TPSA) is 70.0 Å². The number of aliphatic hydroxyl groups is 2. The molecule has 0 aromatic heterocycles. The third-order valence-electron chi connectivity index (χ3n) is 3.18. The summed E-state index contributed by atoms with van der Waals surface area (Å²) in [6.07, 6.45) is -1.56. The number of hydrogen-bond donors (Lipinski definition) is 2. The Morgan fingerprint density at radius 1 is 1.33 bits per heavy atom. The van der Waals surface area contributed by atoms with E-state index in [0.717, 1.165) is 0 Å². The van der Waals surface area contributed by atoms with Crippen LogP contribution in [0.3, 0.4) is 0 Å². The highest BCUT2D eigenvalue weighted by atomic mass is 16.5. The zero-order chi connectivity index (χ0) is 13.3. The first-order valence-corrected chi connectivity index (χ1v) is 5.83. The predicted molar refractivity (Wildman–Crippen MR) is 67.2 cm³/mol. The van der Waals surface area contributed by atoms with Crippen molar-refractivity contribution in [2.45, 2.75) is 19.1 Å². The average Bonchev–Trinajstić information content (AvgIpc) is 2.68. The zero-order valence-corrected chi connectivity index (χ0v) is 10.5. The molecule has 98 valence electrons. The zero-order valence-electron chi connectivity index (χ0n) is 10.5. The molecular weight excluding hydrogens is 234 g/mol. The molecule has 0 spiro atoms. The number of nitrogens with zero attached hydrogens (tertiary/aromatic N) is 1. The number of ketones is 1. The SMILES string of the molecule is COc1cccc(N2CC(O)C(O)C2)c1C(C)=O. The number of benzene rings is 1. The van der Waals surface area contributed by atoms with Crippen LogP contribution in [0.5, 0.6) is 5.75 Å². The van der Waals surface area contributed by atoms with E-state index in [9.17, 15) is 15.0 Å². The van der Waals surface area contributed by atoms with Crippen molar-refractivity contribution in [1.29, 1.82) is 0 Å². The minimum absolute atomic E-state index is 0.0988. The van der Waals surface area contributed by atoms with Crippen molar-refractivity contribution < 1.29 is 19.7 Å². The van der Waals surface area contributed by atoms with Crippen molar-refractivity contribution in [3.05, 3.63) is 23.8 Å². The molecule has 1 fully saturated rings. The summed E-state index contributed by atoms with van der Waals surface area (Å²) < 4.78 is 5.19. The largest absolute Gasteiger partial charge is 0.496 e. The molecular formula is C13H17NO4. The van der Waals surface area contributed by atoms with E-state index in [1.807, 2.05) is 0 Å². The Bertz CT molecular complexity index is 450. The summed E-state index contributed by atoms with van der Waals surface area (Å²) in [7, 11) is 1.51. The molecule has 0 bridgehead atoms. The molecule has 1 heterocycles. The molecule has 1 aliphatic heterocycles. The molecule has 1 aromatic rings. The Balaban J connectivity index is 2.42. The molecule has 5 nitrogen and oxygen atoms in total. The van der Waals surface area contributed by atoms with E-state index in [-0.39, 0.29) is 5.78 Å². The van der Waals surface area contributed by atoms with Gasteiger partial charge in [-0.3, -0.25) is 4.79 Å². The van der Waals surface area contributed by atoms with E-state index < -0.39 is 12.2 Å². The molecule has 2 rings (SSSR count). The number of Topliss-reactive ketones (excluding diaryl/α,β-unsaturated/α-hetero) is 1. The van der Waals surface area contributed by atoms with Gasteiger partial charge >= 0.3 is 0 Å². The van der Waals surface area contributed by atoms with E-state index in [1.165, 1.54) is 14.0 Å². The van der Waals surface area contributed by atoms with Crippen LogP contribution in [0.2, 0.25) is 0 Å². The summed E-state index contributed by atoms with van der Waals surface area (Å²) in [6.45, 7) is 2.10. The fourth-order valence-corrected chi connectivity index (χ4v) is 2.27.